The van der Waals surface area contributed by atoms with Gasteiger partial charge < -0.3 is 0 Å². The van der Waals surface area contributed by atoms with Gasteiger partial charge in [0.2, 0.25) is 0 Å². The maximum Gasteiger partial charge on any atom is 0.0259 e. The molecule has 0 N–H and O–H groups in total. The Labute approximate surface area is 182 Å². The van der Waals surface area contributed by atoms with E-state index in [4.69, 9.17) is 0 Å². The van der Waals surface area contributed by atoms with Crippen LogP contribution < -0.4 is 0 Å². The van der Waals surface area contributed by atoms with Crippen LogP contribution in [0.25, 0.3) is 11.1 Å². The van der Waals surface area contributed by atoms with Crippen molar-refractivity contribution in [1.82, 2.24) is 0 Å². The Morgan fingerprint density at radius 1 is 0.704 bits per heavy atom. The standard InChI is InChI=1S/C25H32Br2/c1-15(2)7-9-25(10-8-16(3)4)19-11-17(5)13-21(26)23(19)24-20(25)12-18(6)14-22(24)27/h11-16H,7-10H2,1-6H3. The van der Waals surface area contributed by atoms with Crippen LogP contribution in [0.5, 0.6) is 0 Å². The molecule has 0 saturated heterocycles. The zero-order valence-electron chi connectivity index (χ0n) is 17.5. The van der Waals surface area contributed by atoms with Gasteiger partial charge in [0, 0.05) is 25.5 Å². The van der Waals surface area contributed by atoms with E-state index in [1.54, 1.807) is 0 Å². The largest absolute Gasteiger partial charge is 0.0628 e. The van der Waals surface area contributed by atoms with E-state index in [0.717, 1.165) is 11.8 Å². The number of aryl methyl sites for hydroxylation is 2. The molecule has 0 unspecified atom stereocenters. The fourth-order valence-corrected chi connectivity index (χ4v) is 6.17. The molecule has 0 radical (unpaired) electrons. The number of hydrogen-bond acceptors (Lipinski definition) is 0. The molecule has 2 aromatic rings. The molecule has 146 valence electrons. The third-order valence-corrected chi connectivity index (χ3v) is 7.30. The summed E-state index contributed by atoms with van der Waals surface area (Å²) in [6.07, 6.45) is 4.97. The summed E-state index contributed by atoms with van der Waals surface area (Å²) >= 11 is 7.82. The first-order chi connectivity index (χ1) is 12.7. The lowest BCUT2D eigenvalue weighted by molar-refractivity contribution is 0.364. The van der Waals surface area contributed by atoms with Crippen LogP contribution in [-0.4, -0.2) is 0 Å². The van der Waals surface area contributed by atoms with Gasteiger partial charge in [0.05, 0.1) is 0 Å². The maximum atomic E-state index is 3.91. The van der Waals surface area contributed by atoms with Crippen molar-refractivity contribution in [3.8, 4) is 11.1 Å². The first kappa shape index (κ1) is 21.1. The van der Waals surface area contributed by atoms with Crippen molar-refractivity contribution in [3.05, 3.63) is 55.5 Å². The number of benzene rings is 2. The van der Waals surface area contributed by atoms with E-state index in [-0.39, 0.29) is 5.41 Å². The normalized spacial score (nSPS) is 14.7. The van der Waals surface area contributed by atoms with Crippen molar-refractivity contribution in [2.24, 2.45) is 11.8 Å². The van der Waals surface area contributed by atoms with Gasteiger partial charge >= 0.3 is 0 Å². The predicted octanol–water partition coefficient (Wildman–Crippen LogP) is 8.97. The Kier molecular flexibility index (Phi) is 6.28. The quantitative estimate of drug-likeness (QED) is 0.378. The minimum atomic E-state index is 0.127. The van der Waals surface area contributed by atoms with Gasteiger partial charge in [-0.3, -0.25) is 0 Å². The lowest BCUT2D eigenvalue weighted by Crippen LogP contribution is -2.27. The van der Waals surface area contributed by atoms with Crippen molar-refractivity contribution in [2.75, 3.05) is 0 Å². The fourth-order valence-electron chi connectivity index (χ4n) is 4.63. The molecule has 0 spiro atoms. The Hall–Kier alpha value is -0.600. The molecule has 0 fully saturated rings. The van der Waals surface area contributed by atoms with Crippen LogP contribution in [-0.2, 0) is 5.41 Å². The average molecular weight is 492 g/mol. The van der Waals surface area contributed by atoms with Gasteiger partial charge in [0.15, 0.2) is 0 Å². The molecule has 0 nitrogen and oxygen atoms in total. The second kappa shape index (κ2) is 8.03. The van der Waals surface area contributed by atoms with Crippen molar-refractivity contribution in [3.63, 3.8) is 0 Å². The highest BCUT2D eigenvalue weighted by Gasteiger charge is 2.44. The molecule has 0 saturated carbocycles. The topological polar surface area (TPSA) is 0 Å². The molecule has 0 bridgehead atoms. The van der Waals surface area contributed by atoms with Gasteiger partial charge in [-0.25, -0.2) is 0 Å². The summed E-state index contributed by atoms with van der Waals surface area (Å²) in [6.45, 7) is 13.9. The Bertz CT molecular complexity index is 774. The Morgan fingerprint density at radius 3 is 1.41 bits per heavy atom. The van der Waals surface area contributed by atoms with Gasteiger partial charge in [0.1, 0.15) is 0 Å². The Balaban J connectivity index is 2.31. The van der Waals surface area contributed by atoms with E-state index < -0.39 is 0 Å². The van der Waals surface area contributed by atoms with Crippen LogP contribution in [0, 0.1) is 25.7 Å². The molecule has 3 rings (SSSR count). The third-order valence-electron chi connectivity index (χ3n) is 6.05. The molecular formula is C25H32Br2. The van der Waals surface area contributed by atoms with Crippen LogP contribution in [0.1, 0.15) is 75.6 Å². The zero-order chi connectivity index (χ0) is 19.9. The minimum Gasteiger partial charge on any atom is -0.0628 e. The monoisotopic (exact) mass is 490 g/mol. The van der Waals surface area contributed by atoms with Crippen LogP contribution in [0.2, 0.25) is 0 Å². The van der Waals surface area contributed by atoms with Crippen molar-refractivity contribution in [1.29, 1.82) is 0 Å². The van der Waals surface area contributed by atoms with E-state index in [2.05, 4.69) is 97.7 Å². The lowest BCUT2D eigenvalue weighted by atomic mass is 9.69. The molecule has 1 aliphatic rings. The highest BCUT2D eigenvalue weighted by molar-refractivity contribution is 9.11. The Morgan fingerprint density at radius 2 is 1.07 bits per heavy atom. The minimum absolute atomic E-state index is 0.127. The van der Waals surface area contributed by atoms with Crippen LogP contribution >= 0.6 is 31.9 Å². The van der Waals surface area contributed by atoms with E-state index in [0.29, 0.717) is 0 Å². The SMILES string of the molecule is Cc1cc(Br)c2c(c1)C(CCC(C)C)(CCC(C)C)c1cc(C)cc(Br)c1-2. The molecule has 0 heterocycles. The summed E-state index contributed by atoms with van der Waals surface area (Å²) < 4.78 is 2.47. The summed E-state index contributed by atoms with van der Waals surface area (Å²) in [6, 6.07) is 9.47. The molecule has 1 aliphatic carbocycles. The molecule has 27 heavy (non-hydrogen) atoms. The second-order valence-electron chi connectivity index (χ2n) is 9.29. The van der Waals surface area contributed by atoms with Crippen molar-refractivity contribution < 1.29 is 0 Å². The number of hydrogen-bond donors (Lipinski definition) is 0. The summed E-state index contributed by atoms with van der Waals surface area (Å²) in [7, 11) is 0. The zero-order valence-corrected chi connectivity index (χ0v) is 20.7. The number of rotatable bonds is 6. The summed E-state index contributed by atoms with van der Waals surface area (Å²) in [5.41, 5.74) is 8.72. The van der Waals surface area contributed by atoms with E-state index in [1.165, 1.54) is 68.0 Å². The highest BCUT2D eigenvalue weighted by atomic mass is 79.9. The number of fused-ring (bicyclic) bond motifs is 3. The van der Waals surface area contributed by atoms with Gasteiger partial charge in [-0.05, 0) is 85.8 Å². The van der Waals surface area contributed by atoms with Crippen LogP contribution in [0.4, 0.5) is 0 Å². The average Bonchev–Trinajstić information content (AvgIpc) is 2.82. The van der Waals surface area contributed by atoms with Gasteiger partial charge in [-0.2, -0.15) is 0 Å². The molecule has 2 aromatic carbocycles. The fraction of sp³-hybridized carbons (Fsp3) is 0.520. The second-order valence-corrected chi connectivity index (χ2v) is 11.0. The highest BCUT2D eigenvalue weighted by Crippen LogP contribution is 2.58. The van der Waals surface area contributed by atoms with Gasteiger partial charge in [-0.1, -0.05) is 71.7 Å². The van der Waals surface area contributed by atoms with Crippen molar-refractivity contribution >= 4 is 31.9 Å². The van der Waals surface area contributed by atoms with Crippen LogP contribution in [0.3, 0.4) is 0 Å². The van der Waals surface area contributed by atoms with Crippen LogP contribution in [0.15, 0.2) is 33.2 Å². The van der Waals surface area contributed by atoms with E-state index in [1.807, 2.05) is 0 Å². The number of halogens is 2. The van der Waals surface area contributed by atoms with Crippen molar-refractivity contribution in [2.45, 2.75) is 72.6 Å². The van der Waals surface area contributed by atoms with Gasteiger partial charge in [0.25, 0.3) is 0 Å². The molecule has 0 amide bonds. The summed E-state index contributed by atoms with van der Waals surface area (Å²) in [5.74, 6) is 1.44. The van der Waals surface area contributed by atoms with Gasteiger partial charge in [-0.15, -0.1) is 0 Å². The maximum absolute atomic E-state index is 3.91. The van der Waals surface area contributed by atoms with E-state index >= 15 is 0 Å². The summed E-state index contributed by atoms with van der Waals surface area (Å²) in [5, 5.41) is 0. The molecule has 0 aliphatic heterocycles. The predicted molar refractivity (Wildman–Crippen MR) is 126 cm³/mol. The molecule has 2 heteroatoms. The van der Waals surface area contributed by atoms with E-state index in [9.17, 15) is 0 Å². The molecular weight excluding hydrogens is 460 g/mol. The first-order valence-corrected chi connectivity index (χ1v) is 11.9. The molecule has 0 aromatic heterocycles. The lowest BCUT2D eigenvalue weighted by Gasteiger charge is -2.34. The smallest absolute Gasteiger partial charge is 0.0259 e. The molecule has 0 atom stereocenters. The third kappa shape index (κ3) is 3.94. The first-order valence-electron chi connectivity index (χ1n) is 10.3. The summed E-state index contributed by atoms with van der Waals surface area (Å²) in [4.78, 5) is 0.